The lowest BCUT2D eigenvalue weighted by atomic mass is 10.1. The van der Waals surface area contributed by atoms with Gasteiger partial charge in [-0.25, -0.2) is 17.5 Å². The van der Waals surface area contributed by atoms with Crippen LogP contribution in [0, 0.1) is 5.82 Å². The van der Waals surface area contributed by atoms with Gasteiger partial charge in [-0.15, -0.1) is 0 Å². The van der Waals surface area contributed by atoms with Crippen molar-refractivity contribution in [1.82, 2.24) is 23.9 Å². The minimum absolute atomic E-state index is 0.188. The molecule has 2 aromatic heterocycles. The molecule has 0 unspecified atom stereocenters. The third-order valence-electron chi connectivity index (χ3n) is 5.84. The topological polar surface area (TPSA) is 76.3 Å². The van der Waals surface area contributed by atoms with Crippen molar-refractivity contribution in [3.05, 3.63) is 66.9 Å². The third kappa shape index (κ3) is 3.55. The molecule has 0 radical (unpaired) electrons. The quantitative estimate of drug-likeness (QED) is 0.474. The normalized spacial score (nSPS) is 17.8. The summed E-state index contributed by atoms with van der Waals surface area (Å²) in [6, 6.07) is 12.1. The highest BCUT2D eigenvalue weighted by Crippen LogP contribution is 2.28. The zero-order chi connectivity index (χ0) is 22.5. The molecule has 1 aliphatic rings. The predicted molar refractivity (Wildman–Crippen MR) is 120 cm³/mol. The van der Waals surface area contributed by atoms with Gasteiger partial charge >= 0.3 is 0 Å². The Labute approximate surface area is 185 Å². The van der Waals surface area contributed by atoms with Crippen LogP contribution in [0.25, 0.3) is 16.6 Å². The van der Waals surface area contributed by atoms with Crippen LogP contribution in [-0.2, 0) is 17.1 Å². The Balaban J connectivity index is 1.37. The summed E-state index contributed by atoms with van der Waals surface area (Å²) in [5, 5.41) is 9.42. The number of anilines is 1. The smallest absolute Gasteiger partial charge is 0.246 e. The van der Waals surface area contributed by atoms with Crippen LogP contribution < -0.4 is 4.90 Å². The molecule has 5 rings (SSSR count). The molecule has 10 heteroatoms. The van der Waals surface area contributed by atoms with E-state index in [-0.39, 0.29) is 16.8 Å². The molecule has 0 saturated carbocycles. The largest absolute Gasteiger partial charge is 0.369 e. The van der Waals surface area contributed by atoms with Gasteiger partial charge in [-0.1, -0.05) is 0 Å². The van der Waals surface area contributed by atoms with E-state index >= 15 is 0 Å². The van der Waals surface area contributed by atoms with Gasteiger partial charge in [-0.2, -0.15) is 14.5 Å². The van der Waals surface area contributed by atoms with Crippen LogP contribution in [0.3, 0.4) is 0 Å². The highest BCUT2D eigenvalue weighted by Gasteiger charge is 2.34. The number of hydrogen-bond acceptors (Lipinski definition) is 5. The van der Waals surface area contributed by atoms with Gasteiger partial charge in [-0.3, -0.25) is 4.68 Å². The lowest BCUT2D eigenvalue weighted by Gasteiger charge is -2.39. The molecule has 32 heavy (non-hydrogen) atoms. The molecule has 1 atom stereocenters. The van der Waals surface area contributed by atoms with E-state index in [2.05, 4.69) is 21.2 Å². The summed E-state index contributed by atoms with van der Waals surface area (Å²) >= 11 is 0. The molecule has 1 saturated heterocycles. The van der Waals surface area contributed by atoms with Crippen molar-refractivity contribution in [3.63, 3.8) is 0 Å². The Morgan fingerprint density at radius 1 is 1.00 bits per heavy atom. The molecule has 1 aliphatic heterocycles. The number of hydrogen-bond donors (Lipinski definition) is 0. The second-order valence-electron chi connectivity index (χ2n) is 8.04. The molecule has 4 aromatic rings. The van der Waals surface area contributed by atoms with Gasteiger partial charge in [0.05, 0.1) is 23.6 Å². The van der Waals surface area contributed by atoms with Gasteiger partial charge in [0.2, 0.25) is 10.0 Å². The summed E-state index contributed by atoms with van der Waals surface area (Å²) in [6.45, 7) is 3.48. The van der Waals surface area contributed by atoms with E-state index in [9.17, 15) is 12.8 Å². The van der Waals surface area contributed by atoms with Crippen molar-refractivity contribution in [3.8, 4) is 5.69 Å². The average molecular weight is 455 g/mol. The molecule has 3 heterocycles. The van der Waals surface area contributed by atoms with Crippen molar-refractivity contribution in [1.29, 1.82) is 0 Å². The van der Waals surface area contributed by atoms with Gasteiger partial charge in [0, 0.05) is 50.0 Å². The zero-order valence-electron chi connectivity index (χ0n) is 17.8. The van der Waals surface area contributed by atoms with E-state index in [4.69, 9.17) is 0 Å². The maximum atomic E-state index is 13.3. The summed E-state index contributed by atoms with van der Waals surface area (Å²) in [5.74, 6) is -0.286. The number of piperazine rings is 1. The molecule has 1 fully saturated rings. The van der Waals surface area contributed by atoms with Crippen LogP contribution in [0.5, 0.6) is 0 Å². The van der Waals surface area contributed by atoms with Crippen molar-refractivity contribution < 1.29 is 12.8 Å². The third-order valence-corrected chi connectivity index (χ3v) is 7.81. The maximum absolute atomic E-state index is 13.3. The fourth-order valence-electron chi connectivity index (χ4n) is 4.21. The Kier molecular flexibility index (Phi) is 4.98. The fourth-order valence-corrected chi connectivity index (χ4v) is 5.80. The lowest BCUT2D eigenvalue weighted by Crippen LogP contribution is -2.53. The molecule has 0 aliphatic carbocycles. The summed E-state index contributed by atoms with van der Waals surface area (Å²) < 4.78 is 44.1. The molecular weight excluding hydrogens is 431 g/mol. The second kappa shape index (κ2) is 7.72. The van der Waals surface area contributed by atoms with Crippen LogP contribution in [0.2, 0.25) is 0 Å². The van der Waals surface area contributed by atoms with Gasteiger partial charge in [0.25, 0.3) is 0 Å². The standard InChI is InChI=1S/C22H23FN6O2S/c1-16-14-27(9-10-28(16)32(30,31)21-13-24-26(2)15-21)20-7-8-22-17(11-20)12-25-29(22)19-5-3-18(23)4-6-19/h3-8,11-13,15-16H,9-10,14H2,1-2H3/t16-/m1/s1. The van der Waals surface area contributed by atoms with E-state index in [0.29, 0.717) is 19.6 Å². The highest BCUT2D eigenvalue weighted by molar-refractivity contribution is 7.89. The fraction of sp³-hybridized carbons (Fsp3) is 0.273. The number of rotatable bonds is 4. The first-order chi connectivity index (χ1) is 15.3. The SMILES string of the molecule is C[C@@H]1CN(c2ccc3c(cnn3-c3ccc(F)cc3)c2)CCN1S(=O)(=O)c1cnn(C)c1. The summed E-state index contributed by atoms with van der Waals surface area (Å²) in [5.41, 5.74) is 2.73. The minimum Gasteiger partial charge on any atom is -0.369 e. The summed E-state index contributed by atoms with van der Waals surface area (Å²) in [6.07, 6.45) is 4.71. The molecule has 0 bridgehead atoms. The number of sulfonamides is 1. The Morgan fingerprint density at radius 2 is 1.75 bits per heavy atom. The van der Waals surface area contributed by atoms with Crippen LogP contribution in [0.15, 0.2) is 66.0 Å². The van der Waals surface area contributed by atoms with Crippen LogP contribution in [0.4, 0.5) is 10.1 Å². The number of aryl methyl sites for hydroxylation is 1. The van der Waals surface area contributed by atoms with Crippen molar-refractivity contribution in [2.24, 2.45) is 7.05 Å². The number of benzene rings is 2. The van der Waals surface area contributed by atoms with Crippen LogP contribution in [-0.4, -0.2) is 58.0 Å². The maximum Gasteiger partial charge on any atom is 0.246 e. The first-order valence-electron chi connectivity index (χ1n) is 10.3. The van der Waals surface area contributed by atoms with Crippen LogP contribution in [0.1, 0.15) is 6.92 Å². The molecule has 8 nitrogen and oxygen atoms in total. The molecule has 166 valence electrons. The minimum atomic E-state index is -3.58. The van der Waals surface area contributed by atoms with E-state index in [1.165, 1.54) is 29.2 Å². The van der Waals surface area contributed by atoms with E-state index in [1.54, 1.807) is 34.4 Å². The van der Waals surface area contributed by atoms with Gasteiger partial charge in [0.15, 0.2) is 0 Å². The molecule has 0 spiro atoms. The molecule has 0 amide bonds. The van der Waals surface area contributed by atoms with Gasteiger partial charge in [-0.05, 0) is 49.4 Å². The monoisotopic (exact) mass is 454 g/mol. The molecule has 2 aromatic carbocycles. The molecular formula is C22H23FN6O2S. The molecule has 0 N–H and O–H groups in total. The number of aromatic nitrogens is 4. The van der Waals surface area contributed by atoms with Crippen molar-refractivity contribution in [2.75, 3.05) is 24.5 Å². The van der Waals surface area contributed by atoms with Crippen molar-refractivity contribution in [2.45, 2.75) is 17.9 Å². The Morgan fingerprint density at radius 3 is 2.44 bits per heavy atom. The summed E-state index contributed by atoms with van der Waals surface area (Å²) in [7, 11) is -1.87. The van der Waals surface area contributed by atoms with Gasteiger partial charge in [0.1, 0.15) is 10.7 Å². The number of fused-ring (bicyclic) bond motifs is 1. The first kappa shape index (κ1) is 20.7. The number of halogens is 1. The Hall–Kier alpha value is -3.24. The Bertz CT molecular complexity index is 1380. The first-order valence-corrected chi connectivity index (χ1v) is 11.8. The lowest BCUT2D eigenvalue weighted by molar-refractivity contribution is 0.307. The average Bonchev–Trinajstić information content (AvgIpc) is 3.40. The number of nitrogens with zero attached hydrogens (tertiary/aromatic N) is 6. The predicted octanol–water partition coefficient (Wildman–Crippen LogP) is 2.80. The van der Waals surface area contributed by atoms with E-state index in [0.717, 1.165) is 22.3 Å². The zero-order valence-corrected chi connectivity index (χ0v) is 18.6. The van der Waals surface area contributed by atoms with E-state index < -0.39 is 10.0 Å². The van der Waals surface area contributed by atoms with Crippen molar-refractivity contribution >= 4 is 26.6 Å². The summed E-state index contributed by atoms with van der Waals surface area (Å²) in [4.78, 5) is 2.41. The second-order valence-corrected chi connectivity index (χ2v) is 9.93. The van der Waals surface area contributed by atoms with E-state index in [1.807, 2.05) is 19.1 Å². The highest BCUT2D eigenvalue weighted by atomic mass is 32.2. The van der Waals surface area contributed by atoms with Crippen LogP contribution >= 0.6 is 0 Å². The van der Waals surface area contributed by atoms with Gasteiger partial charge < -0.3 is 4.90 Å².